The van der Waals surface area contributed by atoms with Crippen molar-refractivity contribution in [3.8, 4) is 0 Å². The van der Waals surface area contributed by atoms with E-state index in [1.54, 1.807) is 13.1 Å². The number of halogens is 3. The minimum absolute atomic E-state index is 0.00162. The largest absolute Gasteiger partial charge is 0.434 e. The fourth-order valence-electron chi connectivity index (χ4n) is 2.95. The lowest BCUT2D eigenvalue weighted by Gasteiger charge is -2.31. The molecule has 0 radical (unpaired) electrons. The Labute approximate surface area is 125 Å². The molecule has 1 atom stereocenters. The number of alkyl halides is 3. The van der Waals surface area contributed by atoms with Crippen LogP contribution in [0.15, 0.2) is 23.0 Å². The van der Waals surface area contributed by atoms with Crippen LogP contribution in [0.4, 0.5) is 13.2 Å². The maximum Gasteiger partial charge on any atom is 0.434 e. The molecule has 0 bridgehead atoms. The minimum Gasteiger partial charge on any atom is -0.364 e. The first kappa shape index (κ1) is 15.1. The quantitative estimate of drug-likeness (QED) is 0.874. The fraction of sp³-hybridized carbons (Fsp3) is 0.571. The van der Waals surface area contributed by atoms with Crippen molar-refractivity contribution in [3.05, 3.63) is 35.7 Å². The first-order valence-electron chi connectivity index (χ1n) is 7.15. The number of likely N-dealkylation sites (tertiary alicyclic amines) is 1. The monoisotopic (exact) mass is 314 g/mol. The highest BCUT2D eigenvalue weighted by Crippen LogP contribution is 2.32. The average molecular weight is 314 g/mol. The summed E-state index contributed by atoms with van der Waals surface area (Å²) in [5.41, 5.74) is 0.00935. The lowest BCUT2D eigenvalue weighted by molar-refractivity contribution is -0.141. The molecule has 2 aromatic rings. The van der Waals surface area contributed by atoms with E-state index in [-0.39, 0.29) is 5.92 Å². The molecule has 1 aliphatic rings. The van der Waals surface area contributed by atoms with Gasteiger partial charge in [0, 0.05) is 38.3 Å². The van der Waals surface area contributed by atoms with Gasteiger partial charge in [0.25, 0.3) is 0 Å². The van der Waals surface area contributed by atoms with Crippen LogP contribution < -0.4 is 0 Å². The normalized spacial score (nSPS) is 20.5. The molecule has 22 heavy (non-hydrogen) atoms. The summed E-state index contributed by atoms with van der Waals surface area (Å²) < 4.78 is 44.6. The van der Waals surface area contributed by atoms with E-state index in [9.17, 15) is 13.2 Å². The molecule has 2 aromatic heterocycles. The van der Waals surface area contributed by atoms with Crippen LogP contribution in [0.5, 0.6) is 0 Å². The van der Waals surface area contributed by atoms with E-state index in [4.69, 9.17) is 4.52 Å². The number of piperidine rings is 1. The standard InChI is InChI=1S/C14H17F3N4O/c1-20-9-12(14(15,16)17)18-13(20)10-3-2-5-21(7-10)8-11-4-6-22-19-11/h4,6,9-10H,2-3,5,7-8H2,1H3/t10-/m0/s1. The summed E-state index contributed by atoms with van der Waals surface area (Å²) in [6, 6.07) is 1.80. The van der Waals surface area contributed by atoms with Gasteiger partial charge < -0.3 is 9.09 Å². The van der Waals surface area contributed by atoms with E-state index in [1.807, 2.05) is 0 Å². The van der Waals surface area contributed by atoms with E-state index >= 15 is 0 Å². The Bertz CT molecular complexity index is 621. The predicted octanol–water partition coefficient (Wildman–Crippen LogP) is 2.81. The second-order valence-electron chi connectivity index (χ2n) is 5.66. The molecule has 0 amide bonds. The molecule has 1 aliphatic heterocycles. The Balaban J connectivity index is 1.73. The van der Waals surface area contributed by atoms with Gasteiger partial charge in [-0.05, 0) is 19.4 Å². The number of hydrogen-bond donors (Lipinski definition) is 0. The molecule has 0 unspecified atom stereocenters. The van der Waals surface area contributed by atoms with Gasteiger partial charge in [0.2, 0.25) is 0 Å². The second-order valence-corrected chi connectivity index (χ2v) is 5.66. The fourth-order valence-corrected chi connectivity index (χ4v) is 2.95. The van der Waals surface area contributed by atoms with Crippen molar-refractivity contribution in [1.29, 1.82) is 0 Å². The minimum atomic E-state index is -4.40. The highest BCUT2D eigenvalue weighted by Gasteiger charge is 2.36. The molecule has 0 aromatic carbocycles. The molecule has 3 heterocycles. The average Bonchev–Trinajstić information content (AvgIpc) is 3.08. The van der Waals surface area contributed by atoms with Gasteiger partial charge >= 0.3 is 6.18 Å². The van der Waals surface area contributed by atoms with Crippen LogP contribution >= 0.6 is 0 Å². The van der Waals surface area contributed by atoms with Crippen LogP contribution in [0, 0.1) is 0 Å². The molecular weight excluding hydrogens is 297 g/mol. The Kier molecular flexibility index (Phi) is 3.94. The molecule has 0 aliphatic carbocycles. The van der Waals surface area contributed by atoms with Crippen LogP contribution in [0.1, 0.15) is 36.0 Å². The van der Waals surface area contributed by atoms with Crippen LogP contribution in [-0.4, -0.2) is 32.7 Å². The van der Waals surface area contributed by atoms with Gasteiger partial charge in [-0.1, -0.05) is 5.16 Å². The highest BCUT2D eigenvalue weighted by molar-refractivity contribution is 5.12. The van der Waals surface area contributed by atoms with E-state index < -0.39 is 11.9 Å². The first-order chi connectivity index (χ1) is 10.4. The van der Waals surface area contributed by atoms with Crippen molar-refractivity contribution < 1.29 is 17.7 Å². The zero-order valence-corrected chi connectivity index (χ0v) is 12.2. The summed E-state index contributed by atoms with van der Waals surface area (Å²) in [6.07, 6.45) is -0.0453. The van der Waals surface area contributed by atoms with Crippen LogP contribution in [0.25, 0.3) is 0 Å². The molecular formula is C14H17F3N4O. The number of imidazole rings is 1. The number of nitrogens with zero attached hydrogens (tertiary/aromatic N) is 4. The summed E-state index contributed by atoms with van der Waals surface area (Å²) in [7, 11) is 1.62. The second kappa shape index (κ2) is 5.75. The molecule has 120 valence electrons. The number of aromatic nitrogens is 3. The molecule has 0 saturated carbocycles. The van der Waals surface area contributed by atoms with Crippen molar-refractivity contribution >= 4 is 0 Å². The summed E-state index contributed by atoms with van der Waals surface area (Å²) in [5.74, 6) is 0.499. The topological polar surface area (TPSA) is 47.1 Å². The lowest BCUT2D eigenvalue weighted by atomic mass is 9.97. The van der Waals surface area contributed by atoms with E-state index in [1.165, 1.54) is 10.8 Å². The number of rotatable bonds is 3. The molecule has 1 fully saturated rings. The molecule has 3 rings (SSSR count). The maximum atomic E-state index is 12.8. The summed E-state index contributed by atoms with van der Waals surface area (Å²) >= 11 is 0. The molecule has 8 heteroatoms. The predicted molar refractivity (Wildman–Crippen MR) is 72.0 cm³/mol. The molecule has 0 N–H and O–H groups in total. The first-order valence-corrected chi connectivity index (χ1v) is 7.15. The van der Waals surface area contributed by atoms with Gasteiger partial charge in [-0.3, -0.25) is 4.90 Å². The zero-order valence-electron chi connectivity index (χ0n) is 12.2. The van der Waals surface area contributed by atoms with Gasteiger partial charge in [-0.2, -0.15) is 13.2 Å². The van der Waals surface area contributed by atoms with Gasteiger partial charge in [-0.25, -0.2) is 4.98 Å². The smallest absolute Gasteiger partial charge is 0.364 e. The lowest BCUT2D eigenvalue weighted by Crippen LogP contribution is -2.34. The Morgan fingerprint density at radius 3 is 2.86 bits per heavy atom. The molecule has 1 saturated heterocycles. The van der Waals surface area contributed by atoms with E-state index in [2.05, 4.69) is 15.0 Å². The third-order valence-electron chi connectivity index (χ3n) is 3.95. The summed E-state index contributed by atoms with van der Waals surface area (Å²) in [4.78, 5) is 5.99. The Hall–Kier alpha value is -1.83. The SMILES string of the molecule is Cn1cc(C(F)(F)F)nc1[C@H]1CCCN(Cc2ccon2)C1. The third kappa shape index (κ3) is 3.16. The van der Waals surface area contributed by atoms with Gasteiger partial charge in [0.15, 0.2) is 5.69 Å². The molecule has 0 spiro atoms. The number of hydrogen-bond acceptors (Lipinski definition) is 4. The van der Waals surface area contributed by atoms with Crippen molar-refractivity contribution in [2.24, 2.45) is 7.05 Å². The third-order valence-corrected chi connectivity index (χ3v) is 3.95. The van der Waals surface area contributed by atoms with Crippen molar-refractivity contribution in [3.63, 3.8) is 0 Å². The van der Waals surface area contributed by atoms with Gasteiger partial charge in [-0.15, -0.1) is 0 Å². The Morgan fingerprint density at radius 1 is 1.41 bits per heavy atom. The summed E-state index contributed by atoms with van der Waals surface area (Å²) in [6.45, 7) is 2.22. The summed E-state index contributed by atoms with van der Waals surface area (Å²) in [5, 5.41) is 3.88. The van der Waals surface area contributed by atoms with E-state index in [0.717, 1.165) is 31.3 Å². The van der Waals surface area contributed by atoms with E-state index in [0.29, 0.717) is 18.9 Å². The van der Waals surface area contributed by atoms with Crippen LogP contribution in [-0.2, 0) is 19.8 Å². The Morgan fingerprint density at radius 2 is 2.23 bits per heavy atom. The maximum absolute atomic E-state index is 12.8. The van der Waals surface area contributed by atoms with Crippen molar-refractivity contribution in [1.82, 2.24) is 19.6 Å². The zero-order chi connectivity index (χ0) is 15.7. The highest BCUT2D eigenvalue weighted by atomic mass is 19.4. The van der Waals surface area contributed by atoms with Gasteiger partial charge in [0.1, 0.15) is 12.1 Å². The van der Waals surface area contributed by atoms with Crippen LogP contribution in [0.3, 0.4) is 0 Å². The van der Waals surface area contributed by atoms with Gasteiger partial charge in [0.05, 0.1) is 5.69 Å². The van der Waals surface area contributed by atoms with Crippen LogP contribution in [0.2, 0.25) is 0 Å². The molecule has 5 nitrogen and oxygen atoms in total. The number of aryl methyl sites for hydroxylation is 1. The van der Waals surface area contributed by atoms with Crippen molar-refractivity contribution in [2.45, 2.75) is 31.5 Å². The van der Waals surface area contributed by atoms with Crippen molar-refractivity contribution in [2.75, 3.05) is 13.1 Å².